The van der Waals surface area contributed by atoms with Gasteiger partial charge in [0.1, 0.15) is 0 Å². The lowest BCUT2D eigenvalue weighted by Gasteiger charge is -2.25. The molecule has 2 rings (SSSR count). The first kappa shape index (κ1) is 13.0. The van der Waals surface area contributed by atoms with Gasteiger partial charge in [-0.15, -0.1) is 0 Å². The maximum absolute atomic E-state index is 12.0. The smallest absolute Gasteiger partial charge is 0.152 e. The van der Waals surface area contributed by atoms with Gasteiger partial charge in [0.25, 0.3) is 0 Å². The van der Waals surface area contributed by atoms with Crippen LogP contribution in [0.25, 0.3) is 0 Å². The second-order valence-corrected chi connectivity index (χ2v) is 6.59. The van der Waals surface area contributed by atoms with E-state index in [1.54, 1.807) is 0 Å². The van der Waals surface area contributed by atoms with Crippen molar-refractivity contribution in [3.63, 3.8) is 0 Å². The van der Waals surface area contributed by atoms with Crippen molar-refractivity contribution in [3.05, 3.63) is 0 Å². The van der Waals surface area contributed by atoms with Crippen LogP contribution >= 0.6 is 0 Å². The van der Waals surface area contributed by atoms with E-state index >= 15 is 0 Å². The zero-order valence-corrected chi connectivity index (χ0v) is 11.5. The molecule has 3 heteroatoms. The maximum Gasteiger partial charge on any atom is 0.152 e. The van der Waals surface area contributed by atoms with E-state index in [1.165, 1.54) is 32.4 Å². The third-order valence-electron chi connectivity index (χ3n) is 4.11. The van der Waals surface area contributed by atoms with Crippen LogP contribution in [0, 0.1) is 5.41 Å². The molecular weight excluding hydrogens is 212 g/mol. The summed E-state index contributed by atoms with van der Waals surface area (Å²) < 4.78 is 0. The fourth-order valence-electron chi connectivity index (χ4n) is 2.80. The van der Waals surface area contributed by atoms with Gasteiger partial charge in [-0.3, -0.25) is 14.6 Å². The normalized spacial score (nSPS) is 27.8. The minimum atomic E-state index is -0.189. The summed E-state index contributed by atoms with van der Waals surface area (Å²) >= 11 is 0. The van der Waals surface area contributed by atoms with Gasteiger partial charge in [0, 0.05) is 24.5 Å². The van der Waals surface area contributed by atoms with Crippen molar-refractivity contribution in [2.24, 2.45) is 5.41 Å². The van der Waals surface area contributed by atoms with Gasteiger partial charge >= 0.3 is 0 Å². The van der Waals surface area contributed by atoms with Crippen LogP contribution < -0.4 is 0 Å². The van der Waals surface area contributed by atoms with Gasteiger partial charge in [-0.25, -0.2) is 0 Å². The van der Waals surface area contributed by atoms with E-state index in [1.807, 2.05) is 20.8 Å². The van der Waals surface area contributed by atoms with Crippen LogP contribution in [0.5, 0.6) is 0 Å². The van der Waals surface area contributed by atoms with Gasteiger partial charge < -0.3 is 0 Å². The summed E-state index contributed by atoms with van der Waals surface area (Å²) in [6, 6.07) is 0.713. The Labute approximate surface area is 105 Å². The Morgan fingerprint density at radius 2 is 1.82 bits per heavy atom. The number of hydrogen-bond acceptors (Lipinski definition) is 3. The molecule has 0 amide bonds. The second-order valence-electron chi connectivity index (χ2n) is 6.59. The highest BCUT2D eigenvalue weighted by atomic mass is 16.1. The van der Waals surface area contributed by atoms with Crippen molar-refractivity contribution in [3.8, 4) is 0 Å². The number of likely N-dealkylation sites (tertiary alicyclic amines) is 2. The highest BCUT2D eigenvalue weighted by Crippen LogP contribution is 2.22. The molecule has 2 heterocycles. The molecule has 1 atom stereocenters. The molecule has 0 aromatic rings. The average molecular weight is 238 g/mol. The number of hydrogen-bond donors (Lipinski definition) is 0. The predicted molar refractivity (Wildman–Crippen MR) is 70.1 cm³/mol. The lowest BCUT2D eigenvalue weighted by molar-refractivity contribution is -0.127. The SMILES string of the molecule is CC(C)(C)C(=O)CN1CCC(N2CCCC2)C1. The number of Topliss-reactive ketones (excluding diaryl/α,β-unsaturated/α-hetero) is 1. The Morgan fingerprint density at radius 3 is 2.41 bits per heavy atom. The number of carbonyl (C=O) groups excluding carboxylic acids is 1. The fourth-order valence-corrected chi connectivity index (χ4v) is 2.80. The summed E-state index contributed by atoms with van der Waals surface area (Å²) in [5.41, 5.74) is -0.189. The summed E-state index contributed by atoms with van der Waals surface area (Å²) in [5.74, 6) is 0.375. The molecule has 2 aliphatic heterocycles. The van der Waals surface area contributed by atoms with Crippen LogP contribution in [0.4, 0.5) is 0 Å². The molecule has 3 nitrogen and oxygen atoms in total. The van der Waals surface area contributed by atoms with Crippen LogP contribution in [0.2, 0.25) is 0 Å². The molecule has 0 aliphatic carbocycles. The Kier molecular flexibility index (Phi) is 3.88. The Morgan fingerprint density at radius 1 is 1.18 bits per heavy atom. The lowest BCUT2D eigenvalue weighted by Crippen LogP contribution is -2.38. The van der Waals surface area contributed by atoms with Crippen LogP contribution in [0.1, 0.15) is 40.0 Å². The number of carbonyl (C=O) groups is 1. The molecular formula is C14H26N2O. The first-order valence-corrected chi connectivity index (χ1v) is 6.96. The third-order valence-corrected chi connectivity index (χ3v) is 4.11. The molecule has 0 saturated carbocycles. The number of rotatable bonds is 3. The van der Waals surface area contributed by atoms with E-state index in [-0.39, 0.29) is 5.41 Å². The molecule has 2 saturated heterocycles. The number of nitrogens with zero attached hydrogens (tertiary/aromatic N) is 2. The Balaban J connectivity index is 1.80. The summed E-state index contributed by atoms with van der Waals surface area (Å²) in [6.07, 6.45) is 3.96. The van der Waals surface area contributed by atoms with Crippen LogP contribution in [0.3, 0.4) is 0 Å². The van der Waals surface area contributed by atoms with E-state index in [2.05, 4.69) is 9.80 Å². The Bertz CT molecular complexity index is 276. The molecule has 98 valence electrons. The molecule has 0 spiro atoms. The second kappa shape index (κ2) is 5.07. The zero-order valence-electron chi connectivity index (χ0n) is 11.5. The van der Waals surface area contributed by atoms with Crippen molar-refractivity contribution >= 4 is 5.78 Å². The lowest BCUT2D eigenvalue weighted by atomic mass is 9.90. The highest BCUT2D eigenvalue weighted by molar-refractivity contribution is 5.85. The van der Waals surface area contributed by atoms with E-state index in [9.17, 15) is 4.79 Å². The monoisotopic (exact) mass is 238 g/mol. The fraction of sp³-hybridized carbons (Fsp3) is 0.929. The molecule has 0 N–H and O–H groups in total. The van der Waals surface area contributed by atoms with Gasteiger partial charge in [0.05, 0.1) is 6.54 Å². The minimum Gasteiger partial charge on any atom is -0.299 e. The van der Waals surface area contributed by atoms with Crippen molar-refractivity contribution in [1.82, 2.24) is 9.80 Å². The van der Waals surface area contributed by atoms with Crippen LogP contribution in [0.15, 0.2) is 0 Å². The first-order valence-electron chi connectivity index (χ1n) is 6.96. The molecule has 17 heavy (non-hydrogen) atoms. The molecule has 2 aliphatic rings. The molecule has 0 aromatic heterocycles. The average Bonchev–Trinajstić information content (AvgIpc) is 2.83. The Hall–Kier alpha value is -0.410. The van der Waals surface area contributed by atoms with Crippen molar-refractivity contribution in [1.29, 1.82) is 0 Å². The van der Waals surface area contributed by atoms with Gasteiger partial charge in [-0.2, -0.15) is 0 Å². The van der Waals surface area contributed by atoms with Gasteiger partial charge in [-0.05, 0) is 32.4 Å². The van der Waals surface area contributed by atoms with Gasteiger partial charge in [-0.1, -0.05) is 20.8 Å². The minimum absolute atomic E-state index is 0.189. The van der Waals surface area contributed by atoms with E-state index in [0.717, 1.165) is 13.1 Å². The van der Waals surface area contributed by atoms with Gasteiger partial charge in [0.15, 0.2) is 5.78 Å². The van der Waals surface area contributed by atoms with Crippen LogP contribution in [-0.2, 0) is 4.79 Å². The zero-order chi connectivity index (χ0) is 12.5. The molecule has 0 bridgehead atoms. The summed E-state index contributed by atoms with van der Waals surface area (Å²) in [6.45, 7) is 11.4. The van der Waals surface area contributed by atoms with Crippen LogP contribution in [-0.4, -0.2) is 54.3 Å². The summed E-state index contributed by atoms with van der Waals surface area (Å²) in [4.78, 5) is 16.9. The highest BCUT2D eigenvalue weighted by Gasteiger charge is 2.31. The van der Waals surface area contributed by atoms with Crippen molar-refractivity contribution in [2.75, 3.05) is 32.7 Å². The van der Waals surface area contributed by atoms with Gasteiger partial charge in [0.2, 0.25) is 0 Å². The number of ketones is 1. The van der Waals surface area contributed by atoms with Crippen molar-refractivity contribution < 1.29 is 4.79 Å². The van der Waals surface area contributed by atoms with Crippen molar-refractivity contribution in [2.45, 2.75) is 46.1 Å². The maximum atomic E-state index is 12.0. The predicted octanol–water partition coefficient (Wildman–Crippen LogP) is 1.77. The standard InChI is InChI=1S/C14H26N2O/c1-14(2,3)13(17)11-15-9-6-12(10-15)16-7-4-5-8-16/h12H,4-11H2,1-3H3. The summed E-state index contributed by atoms with van der Waals surface area (Å²) in [5, 5.41) is 0. The van der Waals surface area contributed by atoms with E-state index in [4.69, 9.17) is 0 Å². The molecule has 1 unspecified atom stereocenters. The third kappa shape index (κ3) is 3.29. The first-order chi connectivity index (χ1) is 7.97. The quantitative estimate of drug-likeness (QED) is 0.748. The summed E-state index contributed by atoms with van der Waals surface area (Å²) in [7, 11) is 0. The molecule has 0 radical (unpaired) electrons. The largest absolute Gasteiger partial charge is 0.299 e. The van der Waals surface area contributed by atoms with E-state index < -0.39 is 0 Å². The molecule has 0 aromatic carbocycles. The van der Waals surface area contributed by atoms with E-state index in [0.29, 0.717) is 18.4 Å². The topological polar surface area (TPSA) is 23.6 Å². The molecule has 2 fully saturated rings.